The van der Waals surface area contributed by atoms with Crippen LogP contribution in [0.15, 0.2) is 36.5 Å². The van der Waals surface area contributed by atoms with Crippen molar-refractivity contribution in [1.82, 2.24) is 9.88 Å². The fourth-order valence-corrected chi connectivity index (χ4v) is 2.13. The van der Waals surface area contributed by atoms with Crippen LogP contribution < -0.4 is 5.32 Å². The van der Waals surface area contributed by atoms with Crippen LogP contribution in [-0.2, 0) is 19.3 Å². The number of hydrogen-bond donors (Lipinski definition) is 1. The van der Waals surface area contributed by atoms with Gasteiger partial charge in [0.25, 0.3) is 0 Å². The Bertz CT molecular complexity index is 669. The largest absolute Gasteiger partial charge is 0.419 e. The van der Waals surface area contributed by atoms with Gasteiger partial charge in [0.15, 0.2) is 0 Å². The average Bonchev–Trinajstić information content (AvgIpc) is 2.46. The van der Waals surface area contributed by atoms with Gasteiger partial charge in [-0.05, 0) is 37.9 Å². The van der Waals surface area contributed by atoms with Gasteiger partial charge in [-0.2, -0.15) is 13.2 Å². The van der Waals surface area contributed by atoms with Crippen molar-refractivity contribution in [2.75, 3.05) is 19.4 Å². The number of rotatable bonds is 5. The van der Waals surface area contributed by atoms with Crippen molar-refractivity contribution in [2.45, 2.75) is 19.3 Å². The van der Waals surface area contributed by atoms with Crippen LogP contribution in [0.5, 0.6) is 0 Å². The number of nitrogens with zero attached hydrogens (tertiary/aromatic N) is 2. The van der Waals surface area contributed by atoms with Gasteiger partial charge < -0.3 is 10.2 Å². The van der Waals surface area contributed by atoms with E-state index in [2.05, 4.69) is 10.3 Å². The topological polar surface area (TPSA) is 28.2 Å². The first kappa shape index (κ1) is 17.2. The zero-order valence-electron chi connectivity index (χ0n) is 12.8. The number of aromatic nitrogens is 1. The van der Waals surface area contributed by atoms with Crippen LogP contribution in [-0.4, -0.2) is 24.0 Å². The number of pyridine rings is 1. The first-order chi connectivity index (χ1) is 10.8. The Labute approximate surface area is 132 Å². The van der Waals surface area contributed by atoms with E-state index in [1.54, 1.807) is 12.1 Å². The van der Waals surface area contributed by atoms with Crippen LogP contribution in [0, 0.1) is 5.82 Å². The molecule has 0 fully saturated rings. The van der Waals surface area contributed by atoms with Crippen molar-refractivity contribution >= 4 is 5.82 Å². The summed E-state index contributed by atoms with van der Waals surface area (Å²) in [5.41, 5.74) is 0.237. The van der Waals surface area contributed by atoms with Gasteiger partial charge in [0.1, 0.15) is 11.6 Å². The van der Waals surface area contributed by atoms with Crippen molar-refractivity contribution < 1.29 is 17.6 Å². The molecule has 23 heavy (non-hydrogen) atoms. The molecule has 0 aliphatic carbocycles. The first-order valence-corrected chi connectivity index (χ1v) is 6.95. The van der Waals surface area contributed by atoms with Crippen LogP contribution in [0.1, 0.15) is 16.7 Å². The van der Waals surface area contributed by atoms with Crippen molar-refractivity contribution in [3.8, 4) is 0 Å². The molecule has 0 amide bonds. The standard InChI is InChI=1S/C16H17F4N3/c1-23(2)10-12-6-5-11(8-14(12)17)9-22-15-13(16(18,19)20)4-3-7-21-15/h3-8H,9-10H2,1-2H3,(H,21,22). The molecular formula is C16H17F4N3. The molecule has 1 aromatic heterocycles. The third-order valence-corrected chi connectivity index (χ3v) is 3.18. The highest BCUT2D eigenvalue weighted by atomic mass is 19.4. The van der Waals surface area contributed by atoms with Crippen LogP contribution in [0.3, 0.4) is 0 Å². The normalized spacial score (nSPS) is 11.8. The Morgan fingerprint density at radius 1 is 1.17 bits per heavy atom. The monoisotopic (exact) mass is 327 g/mol. The lowest BCUT2D eigenvalue weighted by molar-refractivity contribution is -0.137. The summed E-state index contributed by atoms with van der Waals surface area (Å²) in [6.45, 7) is 0.511. The highest BCUT2D eigenvalue weighted by Gasteiger charge is 2.33. The van der Waals surface area contributed by atoms with Crippen LogP contribution in [0.4, 0.5) is 23.4 Å². The summed E-state index contributed by atoms with van der Waals surface area (Å²) in [4.78, 5) is 5.54. The van der Waals surface area contributed by atoms with Gasteiger partial charge in [-0.15, -0.1) is 0 Å². The minimum atomic E-state index is -4.49. The van der Waals surface area contributed by atoms with E-state index in [4.69, 9.17) is 0 Å². The van der Waals surface area contributed by atoms with Crippen LogP contribution in [0.25, 0.3) is 0 Å². The fourth-order valence-electron chi connectivity index (χ4n) is 2.13. The molecule has 1 heterocycles. The predicted molar refractivity (Wildman–Crippen MR) is 80.4 cm³/mol. The van der Waals surface area contributed by atoms with Gasteiger partial charge >= 0.3 is 6.18 Å². The van der Waals surface area contributed by atoms with Crippen molar-refractivity contribution in [3.63, 3.8) is 0 Å². The molecule has 7 heteroatoms. The SMILES string of the molecule is CN(C)Cc1ccc(CNc2ncccc2C(F)(F)F)cc1F. The quantitative estimate of drug-likeness (QED) is 0.844. The second-order valence-electron chi connectivity index (χ2n) is 5.41. The minimum Gasteiger partial charge on any atom is -0.365 e. The summed E-state index contributed by atoms with van der Waals surface area (Å²) in [7, 11) is 3.66. The molecule has 0 saturated carbocycles. The number of benzene rings is 1. The van der Waals surface area contributed by atoms with Gasteiger partial charge in [0.05, 0.1) is 5.56 Å². The fraction of sp³-hybridized carbons (Fsp3) is 0.312. The number of hydrogen-bond acceptors (Lipinski definition) is 3. The molecule has 1 aromatic carbocycles. The summed E-state index contributed by atoms with van der Waals surface area (Å²) >= 11 is 0. The molecule has 0 bridgehead atoms. The molecule has 0 unspecified atom stereocenters. The van der Waals surface area contributed by atoms with Crippen LogP contribution in [0.2, 0.25) is 0 Å². The summed E-state index contributed by atoms with van der Waals surface area (Å²) in [6.07, 6.45) is -3.21. The molecule has 1 N–H and O–H groups in total. The maximum absolute atomic E-state index is 14.0. The van der Waals surface area contributed by atoms with Gasteiger partial charge in [-0.3, -0.25) is 0 Å². The van der Waals surface area contributed by atoms with Gasteiger partial charge in [-0.25, -0.2) is 9.37 Å². The Balaban J connectivity index is 2.12. The van der Waals surface area contributed by atoms with E-state index >= 15 is 0 Å². The molecule has 3 nitrogen and oxygen atoms in total. The van der Waals surface area contributed by atoms with E-state index in [9.17, 15) is 17.6 Å². The van der Waals surface area contributed by atoms with Crippen molar-refractivity contribution in [3.05, 3.63) is 59.0 Å². The maximum atomic E-state index is 14.0. The van der Waals surface area contributed by atoms with Crippen molar-refractivity contribution in [2.24, 2.45) is 0 Å². The summed E-state index contributed by atoms with van der Waals surface area (Å²) < 4.78 is 52.6. The predicted octanol–water partition coefficient (Wildman–Crippen LogP) is 3.91. The highest BCUT2D eigenvalue weighted by molar-refractivity contribution is 5.46. The number of nitrogens with one attached hydrogen (secondary N) is 1. The van der Waals surface area contributed by atoms with E-state index in [0.717, 1.165) is 6.07 Å². The second-order valence-corrected chi connectivity index (χ2v) is 5.41. The molecular weight excluding hydrogens is 310 g/mol. The van der Waals surface area contributed by atoms with Crippen molar-refractivity contribution in [1.29, 1.82) is 0 Å². The summed E-state index contributed by atoms with van der Waals surface area (Å²) in [5, 5.41) is 2.62. The summed E-state index contributed by atoms with van der Waals surface area (Å²) in [5.74, 6) is -0.646. The zero-order chi connectivity index (χ0) is 17.0. The molecule has 2 rings (SSSR count). The van der Waals surface area contributed by atoms with Gasteiger partial charge in [0.2, 0.25) is 0 Å². The minimum absolute atomic E-state index is 0.0548. The summed E-state index contributed by atoms with van der Waals surface area (Å²) in [6, 6.07) is 6.82. The first-order valence-electron chi connectivity index (χ1n) is 6.95. The van der Waals surface area contributed by atoms with Gasteiger partial charge in [0, 0.05) is 24.8 Å². The average molecular weight is 327 g/mol. The lowest BCUT2D eigenvalue weighted by atomic mass is 10.1. The second kappa shape index (κ2) is 6.95. The Hall–Kier alpha value is -2.15. The molecule has 0 aliphatic heterocycles. The lowest BCUT2D eigenvalue weighted by Crippen LogP contribution is -2.13. The molecule has 0 spiro atoms. The lowest BCUT2D eigenvalue weighted by Gasteiger charge is -2.14. The number of halogens is 4. The molecule has 0 atom stereocenters. The number of alkyl halides is 3. The zero-order valence-corrected chi connectivity index (χ0v) is 12.8. The molecule has 0 aliphatic rings. The molecule has 0 saturated heterocycles. The Morgan fingerprint density at radius 2 is 1.91 bits per heavy atom. The Morgan fingerprint density at radius 3 is 2.52 bits per heavy atom. The Kier molecular flexibility index (Phi) is 5.20. The van der Waals surface area contributed by atoms with E-state index in [1.165, 1.54) is 18.3 Å². The third-order valence-electron chi connectivity index (χ3n) is 3.18. The highest BCUT2D eigenvalue weighted by Crippen LogP contribution is 2.33. The van der Waals surface area contributed by atoms with Gasteiger partial charge in [-0.1, -0.05) is 12.1 Å². The number of anilines is 1. The van der Waals surface area contributed by atoms with E-state index < -0.39 is 11.7 Å². The third kappa shape index (κ3) is 4.66. The molecule has 0 radical (unpaired) electrons. The smallest absolute Gasteiger partial charge is 0.365 e. The maximum Gasteiger partial charge on any atom is 0.419 e. The van der Waals surface area contributed by atoms with E-state index in [1.807, 2.05) is 19.0 Å². The molecule has 2 aromatic rings. The van der Waals surface area contributed by atoms with E-state index in [-0.39, 0.29) is 18.2 Å². The van der Waals surface area contributed by atoms with E-state index in [0.29, 0.717) is 17.7 Å². The van der Waals surface area contributed by atoms with Crippen LogP contribution >= 0.6 is 0 Å². The molecule has 124 valence electrons.